The fourth-order valence-corrected chi connectivity index (χ4v) is 3.47. The van der Waals surface area contributed by atoms with E-state index in [9.17, 15) is 13.2 Å². The van der Waals surface area contributed by atoms with Crippen LogP contribution in [0.15, 0.2) is 42.6 Å². The lowest BCUT2D eigenvalue weighted by atomic mass is 10.1. The summed E-state index contributed by atoms with van der Waals surface area (Å²) in [6.45, 7) is 2.40. The van der Waals surface area contributed by atoms with Gasteiger partial charge in [-0.3, -0.25) is 4.79 Å². The summed E-state index contributed by atoms with van der Waals surface area (Å²) in [4.78, 5) is 19.0. The van der Waals surface area contributed by atoms with Crippen LogP contribution in [0.25, 0.3) is 0 Å². The van der Waals surface area contributed by atoms with Crippen LogP contribution in [0.1, 0.15) is 28.8 Å². The molecule has 27 heavy (non-hydrogen) atoms. The number of carbonyl (C=O) groups is 1. The molecule has 1 aliphatic rings. The molecule has 1 aromatic carbocycles. The van der Waals surface area contributed by atoms with Gasteiger partial charge in [-0.25, -0.2) is 18.1 Å². The molecule has 0 radical (unpaired) electrons. The number of carbonyl (C=O) groups excluding carboxylic acids is 1. The maximum Gasteiger partial charge on any atom is 0.255 e. The fourth-order valence-electron chi connectivity index (χ4n) is 3.00. The second kappa shape index (κ2) is 8.49. The minimum absolute atomic E-state index is 0.202. The number of benzene rings is 1. The Hall–Kier alpha value is -2.45. The van der Waals surface area contributed by atoms with Gasteiger partial charge in [0.25, 0.3) is 5.91 Å². The summed E-state index contributed by atoms with van der Waals surface area (Å²) < 4.78 is 24.6. The average Bonchev–Trinajstić information content (AvgIpc) is 3.16. The van der Waals surface area contributed by atoms with Gasteiger partial charge >= 0.3 is 0 Å². The molecule has 2 heterocycles. The molecule has 0 unspecified atom stereocenters. The van der Waals surface area contributed by atoms with Crippen LogP contribution in [0.2, 0.25) is 0 Å². The zero-order chi connectivity index (χ0) is 19.3. The van der Waals surface area contributed by atoms with E-state index in [2.05, 4.69) is 19.9 Å². The minimum atomic E-state index is -3.18. The normalized spacial score (nSPS) is 14.3. The Labute approximate surface area is 159 Å². The molecule has 0 saturated carbocycles. The highest BCUT2D eigenvalue weighted by atomic mass is 32.2. The monoisotopic (exact) mass is 388 g/mol. The first-order valence-electron chi connectivity index (χ1n) is 8.97. The van der Waals surface area contributed by atoms with E-state index in [-0.39, 0.29) is 5.91 Å². The van der Waals surface area contributed by atoms with Gasteiger partial charge in [0.1, 0.15) is 5.82 Å². The SMILES string of the molecule is CS(=O)(=O)NCCc1ccc(C(=O)Nc2ccc(N3CCCC3)nc2)cc1. The van der Waals surface area contributed by atoms with E-state index in [0.717, 1.165) is 30.7 Å². The van der Waals surface area contributed by atoms with Crippen molar-refractivity contribution in [2.75, 3.05) is 36.1 Å². The number of sulfonamides is 1. The molecule has 0 atom stereocenters. The van der Waals surface area contributed by atoms with Crippen molar-refractivity contribution < 1.29 is 13.2 Å². The number of aromatic nitrogens is 1. The summed E-state index contributed by atoms with van der Waals surface area (Å²) in [5.74, 6) is 0.740. The minimum Gasteiger partial charge on any atom is -0.357 e. The third kappa shape index (κ3) is 5.77. The van der Waals surface area contributed by atoms with Gasteiger partial charge in [0.15, 0.2) is 0 Å². The molecule has 3 rings (SSSR count). The van der Waals surface area contributed by atoms with Crippen molar-refractivity contribution in [2.45, 2.75) is 19.3 Å². The van der Waals surface area contributed by atoms with Crippen LogP contribution in [0.4, 0.5) is 11.5 Å². The molecule has 1 amide bonds. The van der Waals surface area contributed by atoms with Crippen LogP contribution in [0.5, 0.6) is 0 Å². The maximum absolute atomic E-state index is 12.4. The lowest BCUT2D eigenvalue weighted by Crippen LogP contribution is -2.24. The van der Waals surface area contributed by atoms with Gasteiger partial charge in [-0.1, -0.05) is 12.1 Å². The molecule has 144 valence electrons. The molecule has 1 aliphatic heterocycles. The van der Waals surface area contributed by atoms with Crippen LogP contribution in [0.3, 0.4) is 0 Å². The van der Waals surface area contributed by atoms with Crippen LogP contribution in [-0.4, -0.2) is 45.2 Å². The largest absolute Gasteiger partial charge is 0.357 e. The number of anilines is 2. The van der Waals surface area contributed by atoms with Crippen LogP contribution < -0.4 is 14.9 Å². The first-order chi connectivity index (χ1) is 12.9. The molecule has 2 aromatic rings. The lowest BCUT2D eigenvalue weighted by Gasteiger charge is -2.16. The first-order valence-corrected chi connectivity index (χ1v) is 10.9. The van der Waals surface area contributed by atoms with Crippen molar-refractivity contribution in [1.29, 1.82) is 0 Å². The number of rotatable bonds is 7. The second-order valence-corrected chi connectivity index (χ2v) is 8.50. The van der Waals surface area contributed by atoms with Crippen molar-refractivity contribution in [2.24, 2.45) is 0 Å². The van der Waals surface area contributed by atoms with Crippen molar-refractivity contribution in [3.05, 3.63) is 53.7 Å². The van der Waals surface area contributed by atoms with Crippen molar-refractivity contribution in [3.8, 4) is 0 Å². The maximum atomic E-state index is 12.4. The Balaban J connectivity index is 1.54. The molecule has 0 aliphatic carbocycles. The molecular weight excluding hydrogens is 364 g/mol. The standard InChI is InChI=1S/C19H24N4O3S/c1-27(25,26)21-11-10-15-4-6-16(7-5-15)19(24)22-17-8-9-18(20-14-17)23-12-2-3-13-23/h4-9,14,21H,2-3,10-13H2,1H3,(H,22,24). The number of hydrogen-bond acceptors (Lipinski definition) is 5. The highest BCUT2D eigenvalue weighted by Crippen LogP contribution is 2.19. The molecule has 2 N–H and O–H groups in total. The Morgan fingerprint density at radius 1 is 1.11 bits per heavy atom. The van der Waals surface area contributed by atoms with Crippen LogP contribution >= 0.6 is 0 Å². The highest BCUT2D eigenvalue weighted by Gasteiger charge is 2.13. The van der Waals surface area contributed by atoms with Crippen LogP contribution in [-0.2, 0) is 16.4 Å². The average molecular weight is 388 g/mol. The molecule has 7 nitrogen and oxygen atoms in total. The lowest BCUT2D eigenvalue weighted by molar-refractivity contribution is 0.102. The quantitative estimate of drug-likeness (QED) is 0.757. The van der Waals surface area contributed by atoms with Gasteiger partial charge in [0.05, 0.1) is 18.1 Å². The van der Waals surface area contributed by atoms with Gasteiger partial charge in [-0.15, -0.1) is 0 Å². The Morgan fingerprint density at radius 2 is 1.81 bits per heavy atom. The third-order valence-corrected chi connectivity index (χ3v) is 5.16. The number of amides is 1. The van der Waals surface area contributed by atoms with Crippen molar-refractivity contribution in [1.82, 2.24) is 9.71 Å². The number of pyridine rings is 1. The summed E-state index contributed by atoms with van der Waals surface area (Å²) >= 11 is 0. The predicted octanol–water partition coefficient (Wildman–Crippen LogP) is 2.03. The summed E-state index contributed by atoms with van der Waals surface area (Å²) in [5, 5.41) is 2.85. The van der Waals surface area contributed by atoms with E-state index in [1.807, 2.05) is 24.3 Å². The zero-order valence-corrected chi connectivity index (χ0v) is 16.1. The van der Waals surface area contributed by atoms with Gasteiger partial charge in [-0.2, -0.15) is 0 Å². The second-order valence-electron chi connectivity index (χ2n) is 6.67. The molecule has 0 bridgehead atoms. The van der Waals surface area contributed by atoms with E-state index >= 15 is 0 Å². The van der Waals surface area contributed by atoms with Gasteiger partial charge < -0.3 is 10.2 Å². The Bertz CT molecular complexity index is 874. The summed E-state index contributed by atoms with van der Waals surface area (Å²) in [6, 6.07) is 10.9. The first kappa shape index (κ1) is 19.3. The summed E-state index contributed by atoms with van der Waals surface area (Å²) in [6.07, 6.45) is 5.77. The van der Waals surface area contributed by atoms with E-state index in [0.29, 0.717) is 24.2 Å². The Morgan fingerprint density at radius 3 is 2.41 bits per heavy atom. The van der Waals surface area contributed by atoms with Gasteiger partial charge in [-0.05, 0) is 49.1 Å². The molecule has 1 aromatic heterocycles. The molecule has 0 spiro atoms. The zero-order valence-electron chi connectivity index (χ0n) is 15.3. The van der Waals surface area contributed by atoms with Gasteiger partial charge in [0.2, 0.25) is 10.0 Å². The van der Waals surface area contributed by atoms with Gasteiger partial charge in [0, 0.05) is 25.2 Å². The van der Waals surface area contributed by atoms with Crippen LogP contribution in [0, 0.1) is 0 Å². The molecule has 8 heteroatoms. The van der Waals surface area contributed by atoms with Crippen molar-refractivity contribution in [3.63, 3.8) is 0 Å². The van der Waals surface area contributed by atoms with E-state index in [4.69, 9.17) is 0 Å². The number of nitrogens with zero attached hydrogens (tertiary/aromatic N) is 2. The Kier molecular flexibility index (Phi) is 6.08. The van der Waals surface area contributed by atoms with E-state index < -0.39 is 10.0 Å². The number of hydrogen-bond donors (Lipinski definition) is 2. The summed E-state index contributed by atoms with van der Waals surface area (Å²) in [5.41, 5.74) is 2.15. The summed E-state index contributed by atoms with van der Waals surface area (Å²) in [7, 11) is -3.18. The van der Waals surface area contributed by atoms with E-state index in [1.54, 1.807) is 18.3 Å². The molecular formula is C19H24N4O3S. The number of nitrogens with one attached hydrogen (secondary N) is 2. The van der Waals surface area contributed by atoms with Crippen molar-refractivity contribution >= 4 is 27.4 Å². The smallest absolute Gasteiger partial charge is 0.255 e. The highest BCUT2D eigenvalue weighted by molar-refractivity contribution is 7.88. The fraction of sp³-hybridized carbons (Fsp3) is 0.368. The molecule has 1 fully saturated rings. The third-order valence-electron chi connectivity index (χ3n) is 4.43. The van der Waals surface area contributed by atoms with E-state index in [1.165, 1.54) is 12.8 Å². The topological polar surface area (TPSA) is 91.4 Å². The predicted molar refractivity (Wildman–Crippen MR) is 107 cm³/mol. The molecule has 1 saturated heterocycles.